The van der Waals surface area contributed by atoms with E-state index in [1.54, 1.807) is 0 Å². The third-order valence-electron chi connectivity index (χ3n) is 3.84. The number of benzene rings is 1. The zero-order chi connectivity index (χ0) is 22.2. The molecule has 2 amide bonds. The Labute approximate surface area is 182 Å². The summed E-state index contributed by atoms with van der Waals surface area (Å²) in [4.78, 5) is 63.3. The van der Waals surface area contributed by atoms with Crippen LogP contribution in [0.3, 0.4) is 0 Å². The number of imide groups is 1. The molecule has 2 aromatic rings. The van der Waals surface area contributed by atoms with Crippen molar-refractivity contribution in [3.63, 3.8) is 0 Å². The SMILES string of the molecule is CC(=O)OCOc1c(Cl)c(Cl)c2cc(C(=O)ON3C(=O)CCC3=O)c(=O)oc2c1Cl. The first-order valence-electron chi connectivity index (χ1n) is 8.10. The van der Waals surface area contributed by atoms with Crippen molar-refractivity contribution in [1.82, 2.24) is 5.06 Å². The molecular formula is C17H10Cl3NO9. The standard InChI is InChI=1S/C17H10Cl3NO9/c1-6(22)27-5-28-15-12(19)11(18)7-4-8(16(25)29-14(7)13(15)20)17(26)30-21-9(23)2-3-10(21)24/h4H,2-3,5H2,1H3. The van der Waals surface area contributed by atoms with E-state index in [2.05, 4.69) is 4.74 Å². The van der Waals surface area contributed by atoms with Crippen molar-refractivity contribution in [3.05, 3.63) is 37.1 Å². The predicted octanol–water partition coefficient (Wildman–Crippen LogP) is 2.87. The maximum absolute atomic E-state index is 12.3. The van der Waals surface area contributed by atoms with Gasteiger partial charge in [0.2, 0.25) is 6.79 Å². The van der Waals surface area contributed by atoms with Gasteiger partial charge in [0.1, 0.15) is 15.6 Å². The van der Waals surface area contributed by atoms with Gasteiger partial charge in [0.25, 0.3) is 11.8 Å². The lowest BCUT2D eigenvalue weighted by atomic mass is 10.1. The van der Waals surface area contributed by atoms with Gasteiger partial charge in [-0.25, -0.2) is 9.59 Å². The fraction of sp³-hybridized carbons (Fsp3) is 0.235. The Morgan fingerprint density at radius 3 is 2.30 bits per heavy atom. The second-order valence-corrected chi connectivity index (χ2v) is 6.95. The number of esters is 1. The number of rotatable bonds is 5. The molecule has 0 radical (unpaired) electrons. The number of carbonyl (C=O) groups excluding carboxylic acids is 4. The van der Waals surface area contributed by atoms with Crippen LogP contribution in [0.15, 0.2) is 15.3 Å². The quantitative estimate of drug-likeness (QED) is 0.209. The van der Waals surface area contributed by atoms with Crippen LogP contribution in [0.2, 0.25) is 15.1 Å². The normalized spacial score (nSPS) is 13.7. The third kappa shape index (κ3) is 4.07. The number of hydroxylamine groups is 2. The summed E-state index contributed by atoms with van der Waals surface area (Å²) >= 11 is 18.5. The summed E-state index contributed by atoms with van der Waals surface area (Å²) in [5.74, 6) is -3.61. The average molecular weight is 479 g/mol. The third-order valence-corrected chi connectivity index (χ3v) is 5.03. The molecule has 158 valence electrons. The van der Waals surface area contributed by atoms with Gasteiger partial charge in [0.05, 0.1) is 5.02 Å². The zero-order valence-corrected chi connectivity index (χ0v) is 17.2. The van der Waals surface area contributed by atoms with Gasteiger partial charge in [-0.15, -0.1) is 5.06 Å². The Hall–Kier alpha value is -2.82. The topological polar surface area (TPSA) is 129 Å². The lowest BCUT2D eigenvalue weighted by Crippen LogP contribution is -2.33. The van der Waals surface area contributed by atoms with E-state index >= 15 is 0 Å². The molecule has 0 N–H and O–H groups in total. The van der Waals surface area contributed by atoms with E-state index in [1.165, 1.54) is 0 Å². The molecule has 3 rings (SSSR count). The molecule has 0 saturated carbocycles. The van der Waals surface area contributed by atoms with Crippen LogP contribution in [0, 0.1) is 0 Å². The average Bonchev–Trinajstić information content (AvgIpc) is 3.00. The molecule has 10 nitrogen and oxygen atoms in total. The zero-order valence-electron chi connectivity index (χ0n) is 15.0. The van der Waals surface area contributed by atoms with E-state index in [0.717, 1.165) is 13.0 Å². The van der Waals surface area contributed by atoms with Gasteiger partial charge < -0.3 is 18.7 Å². The van der Waals surface area contributed by atoms with Gasteiger partial charge in [0.15, 0.2) is 11.3 Å². The van der Waals surface area contributed by atoms with Gasteiger partial charge in [-0.1, -0.05) is 34.8 Å². The van der Waals surface area contributed by atoms with E-state index < -0.39 is 41.7 Å². The number of hydrogen-bond donors (Lipinski definition) is 0. The molecule has 2 heterocycles. The van der Waals surface area contributed by atoms with Crippen LogP contribution >= 0.6 is 34.8 Å². The molecule has 0 aliphatic carbocycles. The highest BCUT2D eigenvalue weighted by Crippen LogP contribution is 2.45. The molecular weight excluding hydrogens is 469 g/mol. The van der Waals surface area contributed by atoms with Crippen LogP contribution in [-0.4, -0.2) is 35.6 Å². The van der Waals surface area contributed by atoms with E-state index in [-0.39, 0.29) is 49.7 Å². The van der Waals surface area contributed by atoms with Crippen molar-refractivity contribution >= 4 is 69.5 Å². The smallest absolute Gasteiger partial charge is 0.371 e. The van der Waals surface area contributed by atoms with Crippen molar-refractivity contribution in [3.8, 4) is 5.75 Å². The van der Waals surface area contributed by atoms with E-state index in [4.69, 9.17) is 48.8 Å². The fourth-order valence-corrected chi connectivity index (χ4v) is 3.26. The van der Waals surface area contributed by atoms with Crippen molar-refractivity contribution in [2.45, 2.75) is 19.8 Å². The summed E-state index contributed by atoms with van der Waals surface area (Å²) < 4.78 is 14.9. The van der Waals surface area contributed by atoms with Crippen molar-refractivity contribution in [2.24, 2.45) is 0 Å². The predicted molar refractivity (Wildman–Crippen MR) is 101 cm³/mol. The van der Waals surface area contributed by atoms with Gasteiger partial charge >= 0.3 is 17.6 Å². The van der Waals surface area contributed by atoms with Gasteiger partial charge in [0, 0.05) is 25.2 Å². The van der Waals surface area contributed by atoms with Crippen molar-refractivity contribution < 1.29 is 37.9 Å². The maximum atomic E-state index is 12.3. The van der Waals surface area contributed by atoms with Gasteiger partial charge in [-0.05, 0) is 6.07 Å². The Morgan fingerprint density at radius 2 is 1.70 bits per heavy atom. The summed E-state index contributed by atoms with van der Waals surface area (Å²) in [6.45, 7) is 0.617. The van der Waals surface area contributed by atoms with E-state index in [0.29, 0.717) is 0 Å². The summed E-state index contributed by atoms with van der Waals surface area (Å²) in [7, 11) is 0. The molecule has 0 bridgehead atoms. The van der Waals surface area contributed by atoms with Crippen LogP contribution in [0.5, 0.6) is 5.75 Å². The van der Waals surface area contributed by atoms with Crippen molar-refractivity contribution in [1.29, 1.82) is 0 Å². The number of halogens is 3. The van der Waals surface area contributed by atoms with E-state index in [9.17, 15) is 24.0 Å². The number of carbonyl (C=O) groups is 4. The number of nitrogens with zero attached hydrogens (tertiary/aromatic N) is 1. The fourth-order valence-electron chi connectivity index (χ4n) is 2.45. The first kappa shape index (κ1) is 21.9. The number of hydrogen-bond acceptors (Lipinski definition) is 9. The Kier molecular flexibility index (Phi) is 6.20. The summed E-state index contributed by atoms with van der Waals surface area (Å²) in [5, 5.41) is -0.440. The molecule has 1 aliphatic rings. The molecule has 1 aromatic carbocycles. The summed E-state index contributed by atoms with van der Waals surface area (Å²) in [5.41, 5.74) is -2.10. The van der Waals surface area contributed by atoms with Crippen LogP contribution in [0.25, 0.3) is 11.0 Å². The minimum atomic E-state index is -1.31. The first-order valence-corrected chi connectivity index (χ1v) is 9.23. The minimum absolute atomic E-state index is 0.0443. The van der Waals surface area contributed by atoms with Crippen LogP contribution in [-0.2, 0) is 24.0 Å². The Balaban J connectivity index is 2.01. The van der Waals surface area contributed by atoms with Crippen LogP contribution < -0.4 is 10.4 Å². The molecule has 0 spiro atoms. The summed E-state index contributed by atoms with van der Waals surface area (Å²) in [6, 6.07) is 0.991. The number of amides is 2. The van der Waals surface area contributed by atoms with Gasteiger partial charge in [-0.3, -0.25) is 14.4 Å². The van der Waals surface area contributed by atoms with Crippen LogP contribution in [0.1, 0.15) is 30.1 Å². The highest BCUT2D eigenvalue weighted by Gasteiger charge is 2.34. The number of fused-ring (bicyclic) bond motifs is 1. The van der Waals surface area contributed by atoms with Crippen molar-refractivity contribution in [2.75, 3.05) is 6.79 Å². The molecule has 1 saturated heterocycles. The molecule has 0 atom stereocenters. The maximum Gasteiger partial charge on any atom is 0.371 e. The first-order chi connectivity index (χ1) is 14.1. The molecule has 13 heteroatoms. The molecule has 1 aliphatic heterocycles. The second-order valence-electron chi connectivity index (χ2n) is 5.82. The minimum Gasteiger partial charge on any atom is -0.454 e. The molecule has 30 heavy (non-hydrogen) atoms. The van der Waals surface area contributed by atoms with Gasteiger partial charge in [-0.2, -0.15) is 0 Å². The highest BCUT2D eigenvalue weighted by atomic mass is 35.5. The monoisotopic (exact) mass is 477 g/mol. The molecule has 0 unspecified atom stereocenters. The lowest BCUT2D eigenvalue weighted by Gasteiger charge is -2.14. The molecule has 1 aromatic heterocycles. The van der Waals surface area contributed by atoms with E-state index in [1.807, 2.05) is 0 Å². The number of ether oxygens (including phenoxy) is 2. The highest BCUT2D eigenvalue weighted by molar-refractivity contribution is 6.49. The largest absolute Gasteiger partial charge is 0.454 e. The molecule has 1 fully saturated rings. The Morgan fingerprint density at radius 1 is 1.07 bits per heavy atom. The van der Waals surface area contributed by atoms with Crippen LogP contribution in [0.4, 0.5) is 0 Å². The Bertz CT molecular complexity index is 1140. The lowest BCUT2D eigenvalue weighted by molar-refractivity contribution is -0.172. The summed E-state index contributed by atoms with van der Waals surface area (Å²) in [6.07, 6.45) is -0.239. The second kappa shape index (κ2) is 8.50.